The fourth-order valence-electron chi connectivity index (χ4n) is 2.76. The molecule has 0 radical (unpaired) electrons. The molecule has 0 amide bonds. The fourth-order valence-corrected chi connectivity index (χ4v) is 3.04. The lowest BCUT2D eigenvalue weighted by Gasteiger charge is -2.28. The minimum atomic E-state index is -0.369. The molecular weight excluding hydrogens is 348 g/mol. The van der Waals surface area contributed by atoms with Crippen molar-refractivity contribution in [1.82, 2.24) is 10.6 Å². The van der Waals surface area contributed by atoms with Crippen LogP contribution in [0.3, 0.4) is 0 Å². The number of thiocarbonyl (C=S) groups is 1. The number of ether oxygens (including phenoxy) is 2. The molecule has 1 aliphatic heterocycles. The molecule has 0 bridgehead atoms. The molecule has 1 aliphatic rings. The second-order valence-corrected chi connectivity index (χ2v) is 6.18. The molecule has 6 heteroatoms. The SMILES string of the molecule is CCOC(=O)C1=C(c2cccc(Oc3ccccc3)c2)NC(=S)NC1C. The Morgan fingerprint density at radius 3 is 2.58 bits per heavy atom. The van der Waals surface area contributed by atoms with E-state index < -0.39 is 0 Å². The van der Waals surface area contributed by atoms with Gasteiger partial charge < -0.3 is 20.1 Å². The maximum absolute atomic E-state index is 12.4. The van der Waals surface area contributed by atoms with E-state index in [9.17, 15) is 4.79 Å². The molecule has 0 fully saturated rings. The summed E-state index contributed by atoms with van der Waals surface area (Å²) in [7, 11) is 0. The van der Waals surface area contributed by atoms with Gasteiger partial charge in [-0.05, 0) is 50.3 Å². The molecule has 1 unspecified atom stereocenters. The van der Waals surface area contributed by atoms with Crippen molar-refractivity contribution in [3.05, 3.63) is 65.7 Å². The fraction of sp³-hybridized carbons (Fsp3) is 0.200. The van der Waals surface area contributed by atoms with Crippen LogP contribution in [-0.4, -0.2) is 23.7 Å². The maximum atomic E-state index is 12.4. The molecule has 0 saturated carbocycles. The minimum Gasteiger partial charge on any atom is -0.463 e. The number of rotatable bonds is 5. The van der Waals surface area contributed by atoms with Gasteiger partial charge >= 0.3 is 5.97 Å². The van der Waals surface area contributed by atoms with Gasteiger partial charge in [0.15, 0.2) is 5.11 Å². The van der Waals surface area contributed by atoms with Crippen LogP contribution in [0.25, 0.3) is 5.70 Å². The van der Waals surface area contributed by atoms with Crippen LogP contribution in [-0.2, 0) is 9.53 Å². The van der Waals surface area contributed by atoms with Gasteiger partial charge in [-0.1, -0.05) is 30.3 Å². The van der Waals surface area contributed by atoms with E-state index in [0.29, 0.717) is 28.7 Å². The highest BCUT2D eigenvalue weighted by atomic mass is 32.1. The van der Waals surface area contributed by atoms with Crippen LogP contribution < -0.4 is 15.4 Å². The van der Waals surface area contributed by atoms with Crippen LogP contribution in [0.5, 0.6) is 11.5 Å². The van der Waals surface area contributed by atoms with E-state index >= 15 is 0 Å². The summed E-state index contributed by atoms with van der Waals surface area (Å²) in [6.45, 7) is 3.97. The highest BCUT2D eigenvalue weighted by Crippen LogP contribution is 2.28. The summed E-state index contributed by atoms with van der Waals surface area (Å²) in [5.74, 6) is 1.04. The molecule has 0 saturated heterocycles. The number of benzene rings is 2. The van der Waals surface area contributed by atoms with E-state index in [-0.39, 0.29) is 12.0 Å². The second kappa shape index (κ2) is 8.01. The van der Waals surface area contributed by atoms with Crippen LogP contribution in [0.15, 0.2) is 60.2 Å². The molecule has 0 aliphatic carbocycles. The van der Waals surface area contributed by atoms with Crippen LogP contribution in [0, 0.1) is 0 Å². The molecule has 2 aromatic rings. The Kier molecular flexibility index (Phi) is 5.53. The average Bonchev–Trinajstić information content (AvgIpc) is 2.62. The van der Waals surface area contributed by atoms with Crippen molar-refractivity contribution in [2.24, 2.45) is 0 Å². The van der Waals surface area contributed by atoms with Crippen LogP contribution in [0.2, 0.25) is 0 Å². The predicted octanol–water partition coefficient (Wildman–Crippen LogP) is 3.62. The van der Waals surface area contributed by atoms with Crippen molar-refractivity contribution in [2.75, 3.05) is 6.61 Å². The summed E-state index contributed by atoms with van der Waals surface area (Å²) in [4.78, 5) is 12.4. The summed E-state index contributed by atoms with van der Waals surface area (Å²) in [6, 6.07) is 16.8. The van der Waals surface area contributed by atoms with Gasteiger partial charge in [-0.2, -0.15) is 0 Å². The number of hydrogen-bond acceptors (Lipinski definition) is 4. The van der Waals surface area contributed by atoms with Crippen molar-refractivity contribution in [3.63, 3.8) is 0 Å². The number of nitrogens with one attached hydrogen (secondary N) is 2. The van der Waals surface area contributed by atoms with E-state index in [1.807, 2.05) is 61.5 Å². The van der Waals surface area contributed by atoms with Crippen molar-refractivity contribution in [3.8, 4) is 11.5 Å². The molecule has 5 nitrogen and oxygen atoms in total. The van der Waals surface area contributed by atoms with Gasteiger partial charge in [-0.3, -0.25) is 0 Å². The number of para-hydroxylation sites is 1. The second-order valence-electron chi connectivity index (χ2n) is 5.77. The van der Waals surface area contributed by atoms with Gasteiger partial charge in [0.1, 0.15) is 11.5 Å². The zero-order valence-electron chi connectivity index (χ0n) is 14.6. The first-order chi connectivity index (χ1) is 12.6. The van der Waals surface area contributed by atoms with Crippen molar-refractivity contribution in [1.29, 1.82) is 0 Å². The molecule has 1 heterocycles. The third-order valence-electron chi connectivity index (χ3n) is 3.89. The van der Waals surface area contributed by atoms with Crippen LogP contribution in [0.1, 0.15) is 19.4 Å². The largest absolute Gasteiger partial charge is 0.463 e. The summed E-state index contributed by atoms with van der Waals surface area (Å²) in [5.41, 5.74) is 1.95. The van der Waals surface area contributed by atoms with Gasteiger partial charge in [-0.15, -0.1) is 0 Å². The lowest BCUT2D eigenvalue weighted by molar-refractivity contribution is -0.138. The van der Waals surface area contributed by atoms with E-state index in [2.05, 4.69) is 10.6 Å². The third-order valence-corrected chi connectivity index (χ3v) is 4.11. The molecule has 2 aromatic carbocycles. The topological polar surface area (TPSA) is 59.6 Å². The normalized spacial score (nSPS) is 16.5. The Labute approximate surface area is 158 Å². The highest BCUT2D eigenvalue weighted by molar-refractivity contribution is 7.80. The molecular formula is C20H20N2O3S. The lowest BCUT2D eigenvalue weighted by Crippen LogP contribution is -2.48. The number of hydrogen-bond donors (Lipinski definition) is 2. The molecule has 2 N–H and O–H groups in total. The van der Waals surface area contributed by atoms with E-state index in [1.54, 1.807) is 6.92 Å². The first kappa shape index (κ1) is 17.9. The number of esters is 1. The Morgan fingerprint density at radius 1 is 1.12 bits per heavy atom. The third kappa shape index (κ3) is 4.03. The Balaban J connectivity index is 1.99. The molecule has 0 aromatic heterocycles. The van der Waals surface area contributed by atoms with Crippen molar-refractivity contribution >= 4 is 29.0 Å². The zero-order chi connectivity index (χ0) is 18.5. The Bertz CT molecular complexity index is 849. The monoisotopic (exact) mass is 368 g/mol. The molecule has 26 heavy (non-hydrogen) atoms. The molecule has 1 atom stereocenters. The number of carbonyl (C=O) groups excluding carboxylic acids is 1. The summed E-state index contributed by atoms with van der Waals surface area (Å²) < 4.78 is 11.1. The predicted molar refractivity (Wildman–Crippen MR) is 105 cm³/mol. The van der Waals surface area contributed by atoms with Gasteiger partial charge in [0.25, 0.3) is 0 Å². The Morgan fingerprint density at radius 2 is 1.85 bits per heavy atom. The maximum Gasteiger partial charge on any atom is 0.338 e. The first-order valence-corrected chi connectivity index (χ1v) is 8.81. The molecule has 3 rings (SSSR count). The van der Waals surface area contributed by atoms with Gasteiger partial charge in [0, 0.05) is 5.56 Å². The van der Waals surface area contributed by atoms with Crippen LogP contribution >= 0.6 is 12.2 Å². The zero-order valence-corrected chi connectivity index (χ0v) is 15.4. The Hall–Kier alpha value is -2.86. The average molecular weight is 368 g/mol. The van der Waals surface area contributed by atoms with Crippen molar-refractivity contribution < 1.29 is 14.3 Å². The van der Waals surface area contributed by atoms with E-state index in [0.717, 1.165) is 11.3 Å². The smallest absolute Gasteiger partial charge is 0.338 e. The molecule has 134 valence electrons. The minimum absolute atomic E-state index is 0.253. The van der Waals surface area contributed by atoms with Crippen LogP contribution in [0.4, 0.5) is 0 Å². The van der Waals surface area contributed by atoms with Gasteiger partial charge in [0.2, 0.25) is 0 Å². The highest BCUT2D eigenvalue weighted by Gasteiger charge is 2.29. The first-order valence-electron chi connectivity index (χ1n) is 8.40. The standard InChI is InChI=1S/C20H20N2O3S/c1-3-24-19(23)17-13(2)21-20(26)22-18(17)14-8-7-11-16(12-14)25-15-9-5-4-6-10-15/h4-13H,3H2,1-2H3,(H2,21,22,26). The van der Waals surface area contributed by atoms with E-state index in [1.165, 1.54) is 0 Å². The van der Waals surface area contributed by atoms with Gasteiger partial charge in [-0.25, -0.2) is 4.79 Å². The van der Waals surface area contributed by atoms with Gasteiger partial charge in [0.05, 0.1) is 23.9 Å². The summed E-state index contributed by atoms with van der Waals surface area (Å²) >= 11 is 5.26. The van der Waals surface area contributed by atoms with Crippen molar-refractivity contribution in [2.45, 2.75) is 19.9 Å². The van der Waals surface area contributed by atoms with E-state index in [4.69, 9.17) is 21.7 Å². The summed E-state index contributed by atoms with van der Waals surface area (Å²) in [5, 5.41) is 6.61. The lowest BCUT2D eigenvalue weighted by atomic mass is 9.99. The quantitative estimate of drug-likeness (QED) is 0.621. The molecule has 0 spiro atoms. The number of carbonyl (C=O) groups is 1. The summed E-state index contributed by atoms with van der Waals surface area (Å²) in [6.07, 6.45) is 0.